The molecule has 4 heteroatoms. The van der Waals surface area contributed by atoms with Crippen LogP contribution >= 0.6 is 55.4 Å². The number of unbranched alkanes of at least 4 members (excludes halogenated alkanes) is 2. The maximum absolute atomic E-state index is 3.69. The van der Waals surface area contributed by atoms with E-state index in [0.717, 1.165) is 4.47 Å². The van der Waals surface area contributed by atoms with Gasteiger partial charge in [0.25, 0.3) is 0 Å². The number of rotatable bonds is 8. The summed E-state index contributed by atoms with van der Waals surface area (Å²) in [6.45, 7) is 4.49. The molecule has 0 aliphatic heterocycles. The van der Waals surface area contributed by atoms with Crippen LogP contribution in [-0.4, -0.2) is 11.5 Å². The fourth-order valence-electron chi connectivity index (χ4n) is 1.43. The molecule has 0 aromatic heterocycles. The maximum Gasteiger partial charge on any atom is 0.0351 e. The van der Waals surface area contributed by atoms with Crippen LogP contribution in [0, 0.1) is 0 Å². The van der Waals surface area contributed by atoms with Crippen LogP contribution in [-0.2, 0) is 0 Å². The summed E-state index contributed by atoms with van der Waals surface area (Å²) in [6.07, 6.45) is 5.10. The number of thioether (sulfide) groups is 2. The molecule has 0 saturated carbocycles. The number of hydrogen-bond acceptors (Lipinski definition) is 2. The molecule has 0 fully saturated rings. The van der Waals surface area contributed by atoms with E-state index in [1.165, 1.54) is 51.5 Å². The van der Waals surface area contributed by atoms with E-state index < -0.39 is 0 Å². The first-order valence-corrected chi connectivity index (χ1v) is 9.99. The quantitative estimate of drug-likeness (QED) is 0.333. The molecule has 0 aliphatic carbocycles. The lowest BCUT2D eigenvalue weighted by molar-refractivity contribution is 0.893. The second kappa shape index (κ2) is 9.73. The molecule has 0 spiro atoms. The third kappa shape index (κ3) is 5.89. The van der Waals surface area contributed by atoms with E-state index in [-0.39, 0.29) is 0 Å². The summed E-state index contributed by atoms with van der Waals surface area (Å²) in [4.78, 5) is 2.82. The van der Waals surface area contributed by atoms with E-state index in [1.807, 2.05) is 23.5 Å². The largest absolute Gasteiger partial charge is 0.125 e. The lowest BCUT2D eigenvalue weighted by atomic mass is 10.4. The van der Waals surface area contributed by atoms with Gasteiger partial charge in [-0.05, 0) is 52.4 Å². The second-order valence-corrected chi connectivity index (χ2v) is 8.13. The van der Waals surface area contributed by atoms with Crippen molar-refractivity contribution in [1.82, 2.24) is 0 Å². The summed E-state index contributed by atoms with van der Waals surface area (Å²) in [5.41, 5.74) is 0. The predicted molar refractivity (Wildman–Crippen MR) is 93.1 cm³/mol. The van der Waals surface area contributed by atoms with Crippen molar-refractivity contribution in [3.8, 4) is 0 Å². The van der Waals surface area contributed by atoms with Crippen molar-refractivity contribution in [1.29, 1.82) is 0 Å². The monoisotopic (exact) mass is 410 g/mol. The molecule has 0 unspecified atom stereocenters. The highest BCUT2D eigenvalue weighted by molar-refractivity contribution is 9.11. The van der Waals surface area contributed by atoms with Gasteiger partial charge < -0.3 is 0 Å². The third-order valence-electron chi connectivity index (χ3n) is 2.47. The van der Waals surface area contributed by atoms with E-state index >= 15 is 0 Å². The Morgan fingerprint density at radius 1 is 0.944 bits per heavy atom. The molecule has 0 nitrogen and oxygen atoms in total. The van der Waals surface area contributed by atoms with Gasteiger partial charge in [-0.2, -0.15) is 0 Å². The first-order valence-electron chi connectivity index (χ1n) is 6.43. The zero-order valence-corrected chi connectivity index (χ0v) is 15.8. The first-order chi connectivity index (χ1) is 8.69. The molecule has 0 aliphatic rings. The van der Waals surface area contributed by atoms with Gasteiger partial charge >= 0.3 is 0 Å². The van der Waals surface area contributed by atoms with Crippen LogP contribution in [0.1, 0.15) is 39.5 Å². The average molecular weight is 412 g/mol. The topological polar surface area (TPSA) is 0 Å². The van der Waals surface area contributed by atoms with Crippen molar-refractivity contribution in [2.45, 2.75) is 49.3 Å². The number of benzene rings is 1. The van der Waals surface area contributed by atoms with Gasteiger partial charge in [0.05, 0.1) is 0 Å². The summed E-state index contributed by atoms with van der Waals surface area (Å²) >= 11 is 11.2. The highest BCUT2D eigenvalue weighted by atomic mass is 79.9. The fourth-order valence-corrected chi connectivity index (χ4v) is 5.77. The van der Waals surface area contributed by atoms with E-state index in [4.69, 9.17) is 0 Å². The number of halogens is 2. The Morgan fingerprint density at radius 3 is 2.17 bits per heavy atom. The Kier molecular flexibility index (Phi) is 9.16. The van der Waals surface area contributed by atoms with Crippen LogP contribution in [0.2, 0.25) is 0 Å². The van der Waals surface area contributed by atoms with Crippen molar-refractivity contribution in [2.24, 2.45) is 0 Å². The first kappa shape index (κ1) is 16.9. The van der Waals surface area contributed by atoms with Gasteiger partial charge in [0.2, 0.25) is 0 Å². The lowest BCUT2D eigenvalue weighted by Crippen LogP contribution is -1.87. The van der Waals surface area contributed by atoms with Gasteiger partial charge in [0.1, 0.15) is 0 Å². The molecule has 0 bridgehead atoms. The predicted octanol–water partition coefficient (Wildman–Crippen LogP) is 7.00. The molecule has 102 valence electrons. The van der Waals surface area contributed by atoms with Gasteiger partial charge in [-0.15, -0.1) is 23.5 Å². The van der Waals surface area contributed by atoms with Crippen LogP contribution in [0.3, 0.4) is 0 Å². The van der Waals surface area contributed by atoms with Crippen molar-refractivity contribution in [3.05, 3.63) is 21.1 Å². The Labute approximate surface area is 136 Å². The van der Waals surface area contributed by atoms with Crippen LogP contribution < -0.4 is 0 Å². The molecule has 18 heavy (non-hydrogen) atoms. The minimum Gasteiger partial charge on any atom is -0.125 e. The van der Waals surface area contributed by atoms with Crippen LogP contribution in [0.15, 0.2) is 30.9 Å². The summed E-state index contributed by atoms with van der Waals surface area (Å²) in [6, 6.07) is 4.40. The Hall–Kier alpha value is 0.880. The maximum atomic E-state index is 3.69. The summed E-state index contributed by atoms with van der Waals surface area (Å²) < 4.78 is 2.38. The SMILES string of the molecule is CCCCSc1cc(Br)cc(Br)c1SCCCC. The van der Waals surface area contributed by atoms with Crippen LogP contribution in [0.5, 0.6) is 0 Å². The second-order valence-electron chi connectivity index (χ2n) is 4.12. The zero-order valence-electron chi connectivity index (χ0n) is 11.0. The number of hydrogen-bond donors (Lipinski definition) is 0. The van der Waals surface area contributed by atoms with E-state index in [1.54, 1.807) is 0 Å². The Morgan fingerprint density at radius 2 is 1.56 bits per heavy atom. The standard InChI is InChI=1S/C14H20Br2S2/c1-3-5-7-17-13-10-11(15)9-12(16)14(13)18-8-6-4-2/h9-10H,3-8H2,1-2H3. The van der Waals surface area contributed by atoms with Crippen molar-refractivity contribution in [3.63, 3.8) is 0 Å². The van der Waals surface area contributed by atoms with Crippen molar-refractivity contribution < 1.29 is 0 Å². The zero-order chi connectivity index (χ0) is 13.4. The normalized spacial score (nSPS) is 10.9. The minimum atomic E-state index is 1.16. The minimum absolute atomic E-state index is 1.16. The van der Waals surface area contributed by atoms with Gasteiger partial charge in [0.15, 0.2) is 0 Å². The fraction of sp³-hybridized carbons (Fsp3) is 0.571. The van der Waals surface area contributed by atoms with Crippen LogP contribution in [0.4, 0.5) is 0 Å². The molecular formula is C14H20Br2S2. The van der Waals surface area contributed by atoms with Gasteiger partial charge in [-0.1, -0.05) is 42.6 Å². The average Bonchev–Trinajstić information content (AvgIpc) is 2.32. The summed E-state index contributed by atoms with van der Waals surface area (Å²) in [5, 5.41) is 0. The van der Waals surface area contributed by atoms with Crippen LogP contribution in [0.25, 0.3) is 0 Å². The molecule has 0 radical (unpaired) electrons. The molecule has 0 N–H and O–H groups in total. The highest BCUT2D eigenvalue weighted by Gasteiger charge is 2.09. The van der Waals surface area contributed by atoms with E-state index in [2.05, 4.69) is 57.8 Å². The summed E-state index contributed by atoms with van der Waals surface area (Å²) in [5.74, 6) is 2.42. The summed E-state index contributed by atoms with van der Waals surface area (Å²) in [7, 11) is 0. The van der Waals surface area contributed by atoms with Crippen molar-refractivity contribution in [2.75, 3.05) is 11.5 Å². The van der Waals surface area contributed by atoms with Gasteiger partial charge in [-0.3, -0.25) is 0 Å². The molecule has 0 saturated heterocycles. The highest BCUT2D eigenvalue weighted by Crippen LogP contribution is 2.39. The van der Waals surface area contributed by atoms with E-state index in [9.17, 15) is 0 Å². The third-order valence-corrected chi connectivity index (χ3v) is 6.30. The van der Waals surface area contributed by atoms with E-state index in [0.29, 0.717) is 0 Å². The van der Waals surface area contributed by atoms with Crippen molar-refractivity contribution >= 4 is 55.4 Å². The Bertz CT molecular complexity index is 367. The molecule has 0 amide bonds. The molecule has 1 aromatic rings. The van der Waals surface area contributed by atoms with Gasteiger partial charge in [-0.25, -0.2) is 0 Å². The molecular weight excluding hydrogens is 392 g/mol. The molecule has 0 heterocycles. The molecule has 1 aromatic carbocycles. The lowest BCUT2D eigenvalue weighted by Gasteiger charge is -2.11. The Balaban J connectivity index is 2.76. The smallest absolute Gasteiger partial charge is 0.0351 e. The molecule has 1 rings (SSSR count). The molecule has 0 atom stereocenters. The van der Waals surface area contributed by atoms with Gasteiger partial charge in [0, 0.05) is 18.7 Å².